The number of carbonyl (C=O) groups is 1. The fourth-order valence-electron chi connectivity index (χ4n) is 3.10. The number of para-hydroxylation sites is 1. The molecule has 0 unspecified atom stereocenters. The highest BCUT2D eigenvalue weighted by Crippen LogP contribution is 2.17. The quantitative estimate of drug-likeness (QED) is 0.402. The standard InChI is InChI=1S/C24H20ClN3O4S/c1-15-7-10-19(13-16(15)2)26-23(29)21-14-17-5-3-4-6-22(17)32-24(21)27-28-33(30,31)20-11-8-18(25)9-12-20/h3-14,28H,1-2H3,(H,26,29). The Morgan fingerprint density at radius 3 is 2.39 bits per heavy atom. The molecule has 0 aliphatic heterocycles. The maximum Gasteiger partial charge on any atom is 0.276 e. The number of halogens is 1. The molecule has 1 heterocycles. The number of sulfonamides is 1. The van der Waals surface area contributed by atoms with Gasteiger partial charge in [-0.15, -0.1) is 5.10 Å². The van der Waals surface area contributed by atoms with Gasteiger partial charge in [-0.25, -0.2) is 0 Å². The molecule has 0 spiro atoms. The third kappa shape index (κ3) is 5.08. The molecule has 4 aromatic rings. The van der Waals surface area contributed by atoms with Crippen molar-refractivity contribution in [1.82, 2.24) is 4.83 Å². The number of aryl methyl sites for hydroxylation is 2. The minimum atomic E-state index is -4.01. The lowest BCUT2D eigenvalue weighted by Gasteiger charge is -2.09. The maximum atomic E-state index is 13.1. The Morgan fingerprint density at radius 2 is 1.67 bits per heavy atom. The van der Waals surface area contributed by atoms with Crippen LogP contribution in [0.25, 0.3) is 11.0 Å². The molecule has 0 aliphatic carbocycles. The predicted molar refractivity (Wildman–Crippen MR) is 127 cm³/mol. The monoisotopic (exact) mass is 481 g/mol. The number of carbonyl (C=O) groups excluding carboxylic acids is 1. The number of benzene rings is 3. The van der Waals surface area contributed by atoms with E-state index in [2.05, 4.69) is 15.2 Å². The van der Waals surface area contributed by atoms with Crippen LogP contribution in [-0.2, 0) is 10.0 Å². The van der Waals surface area contributed by atoms with Crippen LogP contribution in [0.15, 0.2) is 87.2 Å². The summed E-state index contributed by atoms with van der Waals surface area (Å²) in [6, 6.07) is 19.8. The Balaban J connectivity index is 1.74. The lowest BCUT2D eigenvalue weighted by molar-refractivity contribution is 0.102. The van der Waals surface area contributed by atoms with Crippen molar-refractivity contribution in [3.8, 4) is 0 Å². The molecule has 0 fully saturated rings. The summed E-state index contributed by atoms with van der Waals surface area (Å²) >= 11 is 5.83. The zero-order chi connectivity index (χ0) is 23.6. The van der Waals surface area contributed by atoms with E-state index in [-0.39, 0.29) is 16.0 Å². The van der Waals surface area contributed by atoms with E-state index in [9.17, 15) is 13.2 Å². The van der Waals surface area contributed by atoms with Crippen LogP contribution in [0.3, 0.4) is 0 Å². The van der Waals surface area contributed by atoms with Crippen molar-refractivity contribution in [2.24, 2.45) is 5.10 Å². The smallest absolute Gasteiger partial charge is 0.276 e. The minimum Gasteiger partial charge on any atom is -0.436 e. The van der Waals surface area contributed by atoms with Crippen molar-refractivity contribution >= 4 is 44.2 Å². The van der Waals surface area contributed by atoms with E-state index in [1.807, 2.05) is 32.0 Å². The number of hydrogen-bond donors (Lipinski definition) is 2. The average Bonchev–Trinajstić information content (AvgIpc) is 2.80. The molecule has 33 heavy (non-hydrogen) atoms. The number of amides is 1. The van der Waals surface area contributed by atoms with E-state index >= 15 is 0 Å². The van der Waals surface area contributed by atoms with E-state index in [0.29, 0.717) is 21.7 Å². The average molecular weight is 482 g/mol. The second-order valence-electron chi connectivity index (χ2n) is 7.42. The highest BCUT2D eigenvalue weighted by Gasteiger charge is 2.16. The summed E-state index contributed by atoms with van der Waals surface area (Å²) in [5.74, 6) is -0.489. The van der Waals surface area contributed by atoms with Gasteiger partial charge in [-0.2, -0.15) is 13.2 Å². The molecule has 0 radical (unpaired) electrons. The first-order valence-corrected chi connectivity index (χ1v) is 11.8. The van der Waals surface area contributed by atoms with Crippen molar-refractivity contribution in [1.29, 1.82) is 0 Å². The SMILES string of the molecule is Cc1ccc(NC(=O)c2cc3ccccc3oc2=NNS(=O)(=O)c2ccc(Cl)cc2)cc1C. The van der Waals surface area contributed by atoms with E-state index in [1.54, 1.807) is 30.3 Å². The van der Waals surface area contributed by atoms with Gasteiger partial charge in [0, 0.05) is 16.1 Å². The first-order valence-electron chi connectivity index (χ1n) is 9.95. The summed E-state index contributed by atoms with van der Waals surface area (Å²) in [5, 5.41) is 7.81. The van der Waals surface area contributed by atoms with Crippen LogP contribution in [0, 0.1) is 13.8 Å². The second-order valence-corrected chi connectivity index (χ2v) is 9.51. The van der Waals surface area contributed by atoms with E-state index in [4.69, 9.17) is 16.0 Å². The third-order valence-electron chi connectivity index (χ3n) is 5.06. The molecule has 0 saturated heterocycles. The van der Waals surface area contributed by atoms with Gasteiger partial charge in [0.15, 0.2) is 0 Å². The lowest BCUT2D eigenvalue weighted by atomic mass is 10.1. The van der Waals surface area contributed by atoms with Gasteiger partial charge < -0.3 is 9.73 Å². The van der Waals surface area contributed by atoms with Crippen molar-refractivity contribution in [2.75, 3.05) is 5.32 Å². The van der Waals surface area contributed by atoms with Crippen LogP contribution < -0.4 is 15.7 Å². The number of anilines is 1. The Hall–Kier alpha value is -3.62. The van der Waals surface area contributed by atoms with Crippen LogP contribution >= 0.6 is 11.6 Å². The molecule has 1 aromatic heterocycles. The first kappa shape index (κ1) is 22.6. The molecule has 0 atom stereocenters. The largest absolute Gasteiger partial charge is 0.436 e. The lowest BCUT2D eigenvalue weighted by Crippen LogP contribution is -2.27. The number of fused-ring (bicyclic) bond motifs is 1. The number of rotatable bonds is 5. The Kier molecular flexibility index (Phi) is 6.22. The van der Waals surface area contributed by atoms with E-state index < -0.39 is 15.9 Å². The molecule has 0 aliphatic rings. The Bertz CT molecular complexity index is 1530. The van der Waals surface area contributed by atoms with Crippen LogP contribution in [-0.4, -0.2) is 14.3 Å². The van der Waals surface area contributed by atoms with Crippen molar-refractivity contribution in [3.63, 3.8) is 0 Å². The minimum absolute atomic E-state index is 0.0300. The molecular formula is C24H20ClN3O4S. The van der Waals surface area contributed by atoms with E-state index in [0.717, 1.165) is 11.1 Å². The van der Waals surface area contributed by atoms with Gasteiger partial charge >= 0.3 is 0 Å². The van der Waals surface area contributed by atoms with Crippen molar-refractivity contribution in [3.05, 3.63) is 100 Å². The summed E-state index contributed by atoms with van der Waals surface area (Å²) < 4.78 is 31.0. The molecule has 2 N–H and O–H groups in total. The van der Waals surface area contributed by atoms with Crippen LogP contribution in [0.5, 0.6) is 0 Å². The fourth-order valence-corrected chi connectivity index (χ4v) is 4.03. The Morgan fingerprint density at radius 1 is 0.939 bits per heavy atom. The topological polar surface area (TPSA) is 101 Å². The number of nitrogens with one attached hydrogen (secondary N) is 2. The van der Waals surface area contributed by atoms with Crippen molar-refractivity contribution in [2.45, 2.75) is 18.7 Å². The second kappa shape index (κ2) is 9.09. The third-order valence-corrected chi connectivity index (χ3v) is 6.53. The van der Waals surface area contributed by atoms with Gasteiger partial charge in [-0.1, -0.05) is 35.9 Å². The van der Waals surface area contributed by atoms with Crippen LogP contribution in [0.1, 0.15) is 21.5 Å². The van der Waals surface area contributed by atoms with Gasteiger partial charge in [0.1, 0.15) is 11.1 Å². The summed E-state index contributed by atoms with van der Waals surface area (Å²) in [6.45, 7) is 3.93. The first-order chi connectivity index (χ1) is 15.7. The normalized spacial score (nSPS) is 12.0. The summed E-state index contributed by atoms with van der Waals surface area (Å²) in [6.07, 6.45) is 0. The molecule has 168 valence electrons. The summed E-state index contributed by atoms with van der Waals surface area (Å²) in [7, 11) is -4.01. The van der Waals surface area contributed by atoms with Gasteiger partial charge in [0.2, 0.25) is 5.55 Å². The molecule has 0 bridgehead atoms. The van der Waals surface area contributed by atoms with Gasteiger partial charge in [-0.05, 0) is 73.5 Å². The molecular weight excluding hydrogens is 462 g/mol. The maximum absolute atomic E-state index is 13.1. The molecule has 4 rings (SSSR count). The molecule has 0 saturated carbocycles. The van der Waals surface area contributed by atoms with Crippen molar-refractivity contribution < 1.29 is 17.6 Å². The van der Waals surface area contributed by atoms with Gasteiger partial charge in [-0.3, -0.25) is 4.79 Å². The molecule has 7 nitrogen and oxygen atoms in total. The van der Waals surface area contributed by atoms with Crippen LogP contribution in [0.4, 0.5) is 5.69 Å². The number of hydrogen-bond acceptors (Lipinski definition) is 5. The zero-order valence-corrected chi connectivity index (χ0v) is 19.4. The number of nitrogens with zero attached hydrogens (tertiary/aromatic N) is 1. The summed E-state index contributed by atoms with van der Waals surface area (Å²) in [4.78, 5) is 15.2. The molecule has 1 amide bonds. The van der Waals surface area contributed by atoms with Gasteiger partial charge in [0.25, 0.3) is 15.9 Å². The Labute approximate surface area is 195 Å². The van der Waals surface area contributed by atoms with E-state index in [1.165, 1.54) is 24.3 Å². The van der Waals surface area contributed by atoms with Crippen LogP contribution in [0.2, 0.25) is 5.02 Å². The predicted octanol–water partition coefficient (Wildman–Crippen LogP) is 4.75. The highest BCUT2D eigenvalue weighted by atomic mass is 35.5. The summed E-state index contributed by atoms with van der Waals surface area (Å²) in [5.41, 5.74) is 3.07. The molecule has 3 aromatic carbocycles. The fraction of sp³-hybridized carbons (Fsp3) is 0.0833. The highest BCUT2D eigenvalue weighted by molar-refractivity contribution is 7.89. The van der Waals surface area contributed by atoms with Gasteiger partial charge in [0.05, 0.1) is 4.90 Å². The molecule has 9 heteroatoms. The zero-order valence-electron chi connectivity index (χ0n) is 17.8.